The highest BCUT2D eigenvalue weighted by Crippen LogP contribution is 2.55. The minimum absolute atomic E-state index is 0.0534. The lowest BCUT2D eigenvalue weighted by Crippen LogP contribution is -2.23. The van der Waals surface area contributed by atoms with Crippen molar-refractivity contribution in [2.75, 3.05) is 0 Å². The van der Waals surface area contributed by atoms with Gasteiger partial charge in [0.2, 0.25) is 0 Å². The van der Waals surface area contributed by atoms with Crippen molar-refractivity contribution in [1.82, 2.24) is 0 Å². The second-order valence-electron chi connectivity index (χ2n) is 26.1. The Bertz CT molecular complexity index is 4410. The Morgan fingerprint density at radius 1 is 0.370 bits per heavy atom. The Labute approximate surface area is 480 Å². The first-order valence-corrected chi connectivity index (χ1v) is 29.9. The van der Waals surface area contributed by atoms with Gasteiger partial charge in [-0.1, -0.05) is 261 Å². The second-order valence-corrected chi connectivity index (χ2v) is 26.1. The summed E-state index contributed by atoms with van der Waals surface area (Å²) in [5, 5.41) is 5.62. The summed E-state index contributed by atoms with van der Waals surface area (Å²) in [7, 11) is 0. The molecule has 10 aromatic rings. The molecular formula is C81H70. The molecule has 5 aliphatic rings. The Hall–Kier alpha value is -8.32. The maximum absolute atomic E-state index is 2.51. The van der Waals surface area contributed by atoms with Gasteiger partial charge in [0, 0.05) is 5.41 Å². The lowest BCUT2D eigenvalue weighted by atomic mass is 9.72. The van der Waals surface area contributed by atoms with E-state index in [1.165, 1.54) is 166 Å². The molecule has 15 rings (SSSR count). The Kier molecular flexibility index (Phi) is 11.3. The molecule has 0 bridgehead atoms. The number of rotatable bonds is 8. The molecule has 0 aliphatic heterocycles. The minimum atomic E-state index is -0.0534. The van der Waals surface area contributed by atoms with Crippen molar-refractivity contribution in [1.29, 1.82) is 0 Å². The smallest absolute Gasteiger partial charge is 0.0210 e. The molecule has 0 N–H and O–H groups in total. The molecule has 0 fully saturated rings. The Balaban J connectivity index is 0.663. The third kappa shape index (κ3) is 7.92. The quantitative estimate of drug-likeness (QED) is 0.142. The number of allylic oxidation sites excluding steroid dienone is 6. The van der Waals surface area contributed by atoms with Crippen LogP contribution in [0.4, 0.5) is 0 Å². The molecule has 0 heteroatoms. The van der Waals surface area contributed by atoms with Gasteiger partial charge >= 0.3 is 0 Å². The van der Waals surface area contributed by atoms with E-state index in [1.54, 1.807) is 0 Å². The average Bonchev–Trinajstić information content (AvgIpc) is 4.04. The predicted molar refractivity (Wildman–Crippen MR) is 348 cm³/mol. The third-order valence-electron chi connectivity index (χ3n) is 19.8. The molecule has 0 spiro atoms. The van der Waals surface area contributed by atoms with Crippen molar-refractivity contribution in [2.45, 2.75) is 99.3 Å². The molecule has 0 amide bonds. The van der Waals surface area contributed by atoms with E-state index in [4.69, 9.17) is 0 Å². The Morgan fingerprint density at radius 3 is 1.26 bits per heavy atom. The van der Waals surface area contributed by atoms with E-state index < -0.39 is 0 Å². The van der Waals surface area contributed by atoms with E-state index >= 15 is 0 Å². The maximum Gasteiger partial charge on any atom is 0.0210 e. The van der Waals surface area contributed by atoms with Gasteiger partial charge in [-0.25, -0.2) is 0 Å². The first kappa shape index (κ1) is 49.7. The van der Waals surface area contributed by atoms with Crippen molar-refractivity contribution in [2.24, 2.45) is 10.8 Å². The molecule has 0 radical (unpaired) electrons. The predicted octanol–water partition coefficient (Wildman–Crippen LogP) is 22.6. The van der Waals surface area contributed by atoms with Gasteiger partial charge in [-0.3, -0.25) is 0 Å². The summed E-state index contributed by atoms with van der Waals surface area (Å²) in [5.74, 6) is 0. The first-order chi connectivity index (χ1) is 39.2. The number of fused-ring (bicyclic) bond motifs is 3. The van der Waals surface area contributed by atoms with E-state index in [9.17, 15) is 0 Å². The highest BCUT2D eigenvalue weighted by Gasteiger charge is 2.41. The summed E-state index contributed by atoms with van der Waals surface area (Å²) < 4.78 is 0. The van der Waals surface area contributed by atoms with Crippen molar-refractivity contribution >= 4 is 44.8 Å². The van der Waals surface area contributed by atoms with Crippen molar-refractivity contribution in [3.63, 3.8) is 0 Å². The summed E-state index contributed by atoms with van der Waals surface area (Å²) in [6.07, 6.45) is 16.1. The fourth-order valence-corrected chi connectivity index (χ4v) is 15.0. The molecule has 0 saturated carbocycles. The molecule has 5 aliphatic carbocycles. The van der Waals surface area contributed by atoms with Gasteiger partial charge in [-0.2, -0.15) is 0 Å². The van der Waals surface area contributed by atoms with Crippen LogP contribution in [-0.4, -0.2) is 0 Å². The lowest BCUT2D eigenvalue weighted by molar-refractivity contribution is 0.491. The fraction of sp³-hybridized carbons (Fsp3) is 0.210. The van der Waals surface area contributed by atoms with Crippen LogP contribution >= 0.6 is 0 Å². The van der Waals surface area contributed by atoms with Gasteiger partial charge in [0.15, 0.2) is 0 Å². The van der Waals surface area contributed by atoms with Gasteiger partial charge in [0.1, 0.15) is 0 Å². The van der Waals surface area contributed by atoms with Crippen molar-refractivity contribution in [3.8, 4) is 77.9 Å². The number of hydrogen-bond donors (Lipinski definition) is 0. The SMILES string of the molecule is CCC1(CC)c2cc(-c3ccc(-c4ccc(-c5ccc6ccc7c8c6c5CC=C8CC(C(C)(C)C)=C7)cc4)cc3)ccc2-c2ccc(-c3ccc(-c4ccc(-c5ccc6c7c8c(ccc57)C=C(C(C)(C)C)CC8=CC6)cc4)cc3)cc21. The highest BCUT2D eigenvalue weighted by molar-refractivity contribution is 6.09. The van der Waals surface area contributed by atoms with Crippen LogP contribution in [0.1, 0.15) is 126 Å². The second kappa shape index (κ2) is 18.4. The summed E-state index contributed by atoms with van der Waals surface area (Å²) in [4.78, 5) is 0. The zero-order valence-electron chi connectivity index (χ0n) is 48.4. The molecule has 0 nitrogen and oxygen atoms in total. The molecule has 10 aromatic carbocycles. The van der Waals surface area contributed by atoms with Gasteiger partial charge < -0.3 is 0 Å². The van der Waals surface area contributed by atoms with Crippen LogP contribution in [0.15, 0.2) is 205 Å². The summed E-state index contributed by atoms with van der Waals surface area (Å²) >= 11 is 0. The van der Waals surface area contributed by atoms with Gasteiger partial charge in [0.05, 0.1) is 0 Å². The van der Waals surface area contributed by atoms with E-state index in [2.05, 4.69) is 262 Å². The summed E-state index contributed by atoms with van der Waals surface area (Å²) in [6.45, 7) is 18.8. The lowest BCUT2D eigenvalue weighted by Gasteiger charge is -2.32. The van der Waals surface area contributed by atoms with Crippen LogP contribution in [0.5, 0.6) is 0 Å². The Morgan fingerprint density at radius 2 is 0.765 bits per heavy atom. The number of benzene rings is 10. The van der Waals surface area contributed by atoms with Crippen molar-refractivity contribution in [3.05, 3.63) is 250 Å². The molecule has 81 heavy (non-hydrogen) atoms. The molecule has 0 heterocycles. The van der Waals surface area contributed by atoms with Gasteiger partial charge in [-0.15, -0.1) is 0 Å². The molecule has 0 aromatic heterocycles. The zero-order valence-corrected chi connectivity index (χ0v) is 48.4. The summed E-state index contributed by atoms with van der Waals surface area (Å²) in [5.41, 5.74) is 35.8. The highest BCUT2D eigenvalue weighted by atomic mass is 14.4. The number of hydrogen-bond acceptors (Lipinski definition) is 0. The largest absolute Gasteiger partial charge is 0.0759 e. The standard InChI is InChI=1S/C81H70/c1-9-81(10-2)73-47-59(53-15-11-49(12-16-53)51-19-23-55(24-20-51)67-37-31-57-27-29-61-43-65(79(3,4)5)45-63-35-41-71(67)77(57)75(61)63)33-39-69(73)70-40-34-60(48-74(70)81)54-17-13-50(14-18-54)52-21-25-56(26-22-52)68-38-32-58-28-30-62-44-66(80(6,7)8)46-64-36-42-72(68)78(58)76(62)64/h11-27,29-40,42-43,46-48H,9-10,28,41,44-45H2,1-8H3. The first-order valence-electron chi connectivity index (χ1n) is 29.9. The van der Waals surface area contributed by atoms with Crippen LogP contribution in [0.25, 0.3) is 123 Å². The van der Waals surface area contributed by atoms with Crippen LogP contribution in [0.3, 0.4) is 0 Å². The summed E-state index contributed by atoms with van der Waals surface area (Å²) in [6, 6.07) is 70.4. The zero-order chi connectivity index (χ0) is 55.1. The fourth-order valence-electron chi connectivity index (χ4n) is 15.0. The molecule has 0 unspecified atom stereocenters. The third-order valence-corrected chi connectivity index (χ3v) is 19.8. The minimum Gasteiger partial charge on any atom is -0.0759 e. The van der Waals surface area contributed by atoms with E-state index in [-0.39, 0.29) is 16.2 Å². The van der Waals surface area contributed by atoms with Gasteiger partial charge in [-0.05, 0) is 217 Å². The van der Waals surface area contributed by atoms with Crippen LogP contribution in [-0.2, 0) is 18.3 Å². The van der Waals surface area contributed by atoms with E-state index in [1.807, 2.05) is 0 Å². The van der Waals surface area contributed by atoms with Crippen LogP contribution < -0.4 is 0 Å². The molecule has 394 valence electrons. The topological polar surface area (TPSA) is 0 Å². The van der Waals surface area contributed by atoms with Crippen molar-refractivity contribution < 1.29 is 0 Å². The molecule has 0 saturated heterocycles. The maximum atomic E-state index is 2.51. The average molecular weight is 1040 g/mol. The molecular weight excluding hydrogens is 973 g/mol. The van der Waals surface area contributed by atoms with E-state index in [0.29, 0.717) is 0 Å². The van der Waals surface area contributed by atoms with E-state index in [0.717, 1.165) is 38.5 Å². The normalized spacial score (nSPS) is 15.5. The molecule has 0 atom stereocenters. The monoisotopic (exact) mass is 1040 g/mol. The van der Waals surface area contributed by atoms with Gasteiger partial charge in [0.25, 0.3) is 0 Å². The van der Waals surface area contributed by atoms with Crippen LogP contribution in [0.2, 0.25) is 0 Å². The van der Waals surface area contributed by atoms with Crippen LogP contribution in [0, 0.1) is 10.8 Å².